The summed E-state index contributed by atoms with van der Waals surface area (Å²) in [7, 11) is 1.39. The van der Waals surface area contributed by atoms with Gasteiger partial charge in [0.15, 0.2) is 0 Å². The summed E-state index contributed by atoms with van der Waals surface area (Å²) in [5, 5.41) is 0. The van der Waals surface area contributed by atoms with E-state index in [-0.39, 0.29) is 5.68 Å². The van der Waals surface area contributed by atoms with Gasteiger partial charge in [-0.3, -0.25) is 0 Å². The van der Waals surface area contributed by atoms with Gasteiger partial charge in [-0.15, -0.1) is 0 Å². The van der Waals surface area contributed by atoms with E-state index in [2.05, 4.69) is 4.90 Å². The first-order valence-electron chi connectivity index (χ1n) is 1.92. The van der Waals surface area contributed by atoms with E-state index < -0.39 is 0 Å². The molecule has 0 bridgehead atoms. The molecular formula is C3H4BNO. The summed E-state index contributed by atoms with van der Waals surface area (Å²) in [6.45, 7) is 0.707. The second-order valence-corrected chi connectivity index (χ2v) is 1.25. The van der Waals surface area contributed by atoms with Crippen LogP contribution in [0.4, 0.5) is 0 Å². The molecule has 0 saturated carbocycles. The monoisotopic (exact) mass is 81.0 g/mol. The normalized spacial score (nSPS) is 18.3. The van der Waals surface area contributed by atoms with Crippen molar-refractivity contribution in [2.45, 2.75) is 6.42 Å². The molecule has 0 unspecified atom stereocenters. The van der Waals surface area contributed by atoms with Crippen LogP contribution in [0, 0.1) is 0 Å². The van der Waals surface area contributed by atoms with Gasteiger partial charge >= 0.3 is 35.4 Å². The van der Waals surface area contributed by atoms with Gasteiger partial charge < -0.3 is 0 Å². The van der Waals surface area contributed by atoms with E-state index in [0.29, 0.717) is 13.0 Å². The molecular weight excluding hydrogens is 76.9 g/mol. The van der Waals surface area contributed by atoms with Gasteiger partial charge in [-0.25, -0.2) is 0 Å². The average molecular weight is 80.9 g/mol. The van der Waals surface area contributed by atoms with Crippen LogP contribution in [-0.2, 0) is 4.79 Å². The van der Waals surface area contributed by atoms with Gasteiger partial charge in [-0.1, -0.05) is 0 Å². The van der Waals surface area contributed by atoms with Gasteiger partial charge in [-0.2, -0.15) is 0 Å². The first-order chi connectivity index (χ1) is 2.89. The van der Waals surface area contributed by atoms with Crippen LogP contribution in [0.3, 0.4) is 0 Å². The Labute approximate surface area is 36.5 Å². The van der Waals surface area contributed by atoms with Crippen LogP contribution in [0.15, 0.2) is 4.90 Å². The second-order valence-electron chi connectivity index (χ2n) is 1.25. The fourth-order valence-corrected chi connectivity index (χ4v) is 0.406. The van der Waals surface area contributed by atoms with Crippen LogP contribution in [-0.4, -0.2) is 19.3 Å². The Balaban J connectivity index is 2.59. The zero-order chi connectivity index (χ0) is 4.41. The van der Waals surface area contributed by atoms with Crippen LogP contribution < -0.4 is 0 Å². The van der Waals surface area contributed by atoms with Crippen molar-refractivity contribution < 1.29 is 4.79 Å². The van der Waals surface area contributed by atoms with Crippen LogP contribution in [0.25, 0.3) is 0 Å². The van der Waals surface area contributed by atoms with Gasteiger partial charge in [0, 0.05) is 0 Å². The number of carbonyl (C=O) groups excluding carboxylic acids is 1. The van der Waals surface area contributed by atoms with Crippen LogP contribution in [0.2, 0.25) is 0 Å². The van der Waals surface area contributed by atoms with E-state index in [0.717, 1.165) is 0 Å². The van der Waals surface area contributed by atoms with Gasteiger partial charge in [-0.05, 0) is 0 Å². The molecule has 0 spiro atoms. The minimum absolute atomic E-state index is 0.162. The van der Waals surface area contributed by atoms with E-state index >= 15 is 0 Å². The number of rotatable bonds is 0. The standard InChI is InChI=1S/C3H4BNO/c6-3-1-2-5-4-3/h1-2H2. The number of hydrogen-bond donors (Lipinski definition) is 0. The van der Waals surface area contributed by atoms with Gasteiger partial charge in [0.05, 0.1) is 0 Å². The van der Waals surface area contributed by atoms with Crippen molar-refractivity contribution in [3.05, 3.63) is 0 Å². The number of carbonyl (C=O) groups is 1. The van der Waals surface area contributed by atoms with Crippen LogP contribution in [0.5, 0.6) is 0 Å². The van der Waals surface area contributed by atoms with E-state index in [9.17, 15) is 4.79 Å². The molecule has 3 heteroatoms. The zero-order valence-corrected chi connectivity index (χ0v) is 3.35. The summed E-state index contributed by atoms with van der Waals surface area (Å²) in [5.41, 5.74) is 0.162. The number of hydrogen-bond acceptors (Lipinski definition) is 2. The van der Waals surface area contributed by atoms with Crippen molar-refractivity contribution >= 4 is 12.8 Å². The van der Waals surface area contributed by atoms with Gasteiger partial charge in [0.25, 0.3) is 0 Å². The topological polar surface area (TPSA) is 29.4 Å². The Morgan fingerprint density at radius 3 is 2.83 bits per heavy atom. The van der Waals surface area contributed by atoms with Gasteiger partial charge in [0.1, 0.15) is 0 Å². The molecule has 1 heterocycles. The molecule has 1 rings (SSSR count). The molecule has 0 amide bonds. The summed E-state index contributed by atoms with van der Waals surface area (Å²) in [5.74, 6) is 0. The Morgan fingerprint density at radius 2 is 2.67 bits per heavy atom. The first-order valence-corrected chi connectivity index (χ1v) is 1.92. The molecule has 1 aliphatic heterocycles. The molecule has 0 fully saturated rings. The Morgan fingerprint density at radius 1 is 1.83 bits per heavy atom. The maximum atomic E-state index is 10.1. The summed E-state index contributed by atoms with van der Waals surface area (Å²) < 4.78 is 0. The molecule has 0 aromatic heterocycles. The predicted molar refractivity (Wildman–Crippen MR) is 22.7 cm³/mol. The maximum absolute atomic E-state index is 10.1. The molecule has 0 saturated heterocycles. The molecule has 0 N–H and O–H groups in total. The van der Waals surface area contributed by atoms with Crippen LogP contribution in [0.1, 0.15) is 6.42 Å². The summed E-state index contributed by atoms with van der Waals surface area (Å²) >= 11 is 0. The Bertz CT molecular complexity index is 99.0. The summed E-state index contributed by atoms with van der Waals surface area (Å²) in [6.07, 6.45) is 0.625. The van der Waals surface area contributed by atoms with E-state index in [1.807, 2.05) is 0 Å². The third-order valence-electron chi connectivity index (χ3n) is 0.723. The van der Waals surface area contributed by atoms with Crippen molar-refractivity contribution in [3.8, 4) is 0 Å². The molecule has 30 valence electrons. The summed E-state index contributed by atoms with van der Waals surface area (Å²) in [6, 6.07) is 0. The van der Waals surface area contributed by atoms with E-state index in [1.165, 1.54) is 7.07 Å². The van der Waals surface area contributed by atoms with Crippen molar-refractivity contribution in [1.29, 1.82) is 0 Å². The second kappa shape index (κ2) is 1.33. The van der Waals surface area contributed by atoms with E-state index in [4.69, 9.17) is 0 Å². The van der Waals surface area contributed by atoms with Crippen molar-refractivity contribution in [2.24, 2.45) is 4.90 Å². The van der Waals surface area contributed by atoms with Crippen molar-refractivity contribution in [1.82, 2.24) is 0 Å². The first kappa shape index (κ1) is 3.72. The van der Waals surface area contributed by atoms with Gasteiger partial charge in [0.2, 0.25) is 0 Å². The van der Waals surface area contributed by atoms with E-state index in [1.54, 1.807) is 0 Å². The zero-order valence-electron chi connectivity index (χ0n) is 3.35. The fourth-order valence-electron chi connectivity index (χ4n) is 0.406. The average Bonchev–Trinajstić information content (AvgIpc) is 1.86. The molecule has 0 aromatic carbocycles. The summed E-state index contributed by atoms with van der Waals surface area (Å²) in [4.78, 5) is 13.8. The third-order valence-corrected chi connectivity index (χ3v) is 0.723. The fraction of sp³-hybridized carbons (Fsp3) is 0.667. The Hall–Kier alpha value is -0.465. The van der Waals surface area contributed by atoms with Crippen LogP contribution >= 0.6 is 0 Å². The minimum atomic E-state index is 0.162. The Kier molecular flexibility index (Phi) is 0.822. The molecule has 0 radical (unpaired) electrons. The molecule has 0 atom stereocenters. The molecule has 1 aliphatic rings. The SMILES string of the molecule is O=C1B=NCC1. The molecule has 6 heavy (non-hydrogen) atoms. The van der Waals surface area contributed by atoms with Crippen molar-refractivity contribution in [2.75, 3.05) is 6.54 Å². The quantitative estimate of drug-likeness (QED) is 0.371. The predicted octanol–water partition coefficient (Wildman–Crippen LogP) is -0.196. The third kappa shape index (κ3) is 0.532. The molecule has 2 nitrogen and oxygen atoms in total. The molecule has 0 aromatic rings. The molecule has 0 aliphatic carbocycles. The van der Waals surface area contributed by atoms with Crippen molar-refractivity contribution in [3.63, 3.8) is 0 Å². The number of nitrogens with zero attached hydrogens (tertiary/aromatic N) is 1.